The van der Waals surface area contributed by atoms with E-state index in [1.165, 1.54) is 21.9 Å². The number of para-hydroxylation sites is 3. The Morgan fingerprint density at radius 3 is 1.97 bits per heavy atom. The van der Waals surface area contributed by atoms with Gasteiger partial charge < -0.3 is 4.40 Å². The summed E-state index contributed by atoms with van der Waals surface area (Å²) in [4.78, 5) is 14.2. The van der Waals surface area contributed by atoms with Crippen LogP contribution in [0.25, 0.3) is 43.8 Å². The molecule has 0 radical (unpaired) electrons. The van der Waals surface area contributed by atoms with Gasteiger partial charge in [0.1, 0.15) is 5.52 Å². The predicted octanol–water partition coefficient (Wildman–Crippen LogP) is 6.48. The van der Waals surface area contributed by atoms with Gasteiger partial charge >= 0.3 is 0 Å². The maximum atomic E-state index is 14.2. The Morgan fingerprint density at radius 1 is 0.613 bits per heavy atom. The van der Waals surface area contributed by atoms with Crippen LogP contribution in [-0.4, -0.2) is 8.97 Å². The van der Waals surface area contributed by atoms with Crippen LogP contribution in [0.15, 0.2) is 83.7 Å². The van der Waals surface area contributed by atoms with Gasteiger partial charge in [0.25, 0.3) is 5.56 Å². The molecule has 31 heavy (non-hydrogen) atoms. The van der Waals surface area contributed by atoms with E-state index in [1.807, 2.05) is 53.1 Å². The molecule has 4 aromatic carbocycles. The van der Waals surface area contributed by atoms with Crippen LogP contribution in [0.5, 0.6) is 0 Å². The molecule has 0 unspecified atom stereocenters. The highest BCUT2D eigenvalue weighted by molar-refractivity contribution is 6.19. The molecule has 3 nitrogen and oxygen atoms in total. The van der Waals surface area contributed by atoms with Gasteiger partial charge in [-0.2, -0.15) is 0 Å². The molecule has 3 heteroatoms. The minimum Gasteiger partial charge on any atom is -0.306 e. The van der Waals surface area contributed by atoms with Crippen molar-refractivity contribution >= 4 is 38.1 Å². The molecule has 2 aromatic heterocycles. The van der Waals surface area contributed by atoms with Crippen LogP contribution in [0.1, 0.15) is 16.8 Å². The van der Waals surface area contributed by atoms with Gasteiger partial charge in [0.2, 0.25) is 0 Å². The van der Waals surface area contributed by atoms with Crippen molar-refractivity contribution in [1.29, 1.82) is 0 Å². The van der Waals surface area contributed by atoms with E-state index in [0.717, 1.165) is 38.7 Å². The van der Waals surface area contributed by atoms with Gasteiger partial charge in [-0.1, -0.05) is 54.6 Å². The summed E-state index contributed by atoms with van der Waals surface area (Å²) in [5.41, 5.74) is 7.21. The number of fused-ring (bicyclic) bond motifs is 7. The number of hydrogen-bond acceptors (Lipinski definition) is 1. The average molecular weight is 402 g/mol. The summed E-state index contributed by atoms with van der Waals surface area (Å²) in [6.45, 7) is 6.49. The van der Waals surface area contributed by atoms with E-state index in [2.05, 4.69) is 55.5 Å². The smallest absolute Gasteiger partial charge is 0.280 e. The number of rotatable bonds is 1. The zero-order chi connectivity index (χ0) is 21.3. The van der Waals surface area contributed by atoms with Gasteiger partial charge in [0, 0.05) is 22.2 Å². The molecule has 150 valence electrons. The highest BCUT2D eigenvalue weighted by Gasteiger charge is 2.22. The number of aromatic nitrogens is 2. The van der Waals surface area contributed by atoms with Gasteiger partial charge in [-0.25, -0.2) is 0 Å². The van der Waals surface area contributed by atoms with Gasteiger partial charge in [-0.15, -0.1) is 0 Å². The zero-order valence-electron chi connectivity index (χ0n) is 17.8. The lowest BCUT2D eigenvalue weighted by Crippen LogP contribution is -2.21. The van der Waals surface area contributed by atoms with Crippen molar-refractivity contribution in [2.24, 2.45) is 0 Å². The summed E-state index contributed by atoms with van der Waals surface area (Å²) in [6.07, 6.45) is 0. The van der Waals surface area contributed by atoms with E-state index in [9.17, 15) is 4.79 Å². The number of benzene rings is 4. The molecule has 0 atom stereocenters. The third-order valence-corrected chi connectivity index (χ3v) is 6.73. The summed E-state index contributed by atoms with van der Waals surface area (Å²) in [5, 5.41) is 4.58. The maximum Gasteiger partial charge on any atom is 0.280 e. The first-order chi connectivity index (χ1) is 15.1. The van der Waals surface area contributed by atoms with E-state index >= 15 is 0 Å². The molecule has 0 aliphatic rings. The molecule has 6 rings (SSSR count). The number of nitrogens with zero attached hydrogens (tertiary/aromatic N) is 2. The van der Waals surface area contributed by atoms with Crippen molar-refractivity contribution in [3.05, 3.63) is 106 Å². The first-order valence-corrected chi connectivity index (χ1v) is 10.6. The van der Waals surface area contributed by atoms with Crippen LogP contribution in [-0.2, 0) is 0 Å². The molecule has 0 aliphatic heterocycles. The van der Waals surface area contributed by atoms with Crippen LogP contribution in [0.3, 0.4) is 0 Å². The second-order valence-electron chi connectivity index (χ2n) is 8.28. The molecule has 0 spiro atoms. The molecular weight excluding hydrogens is 380 g/mol. The fourth-order valence-electron chi connectivity index (χ4n) is 5.22. The predicted molar refractivity (Wildman–Crippen MR) is 130 cm³/mol. The molecule has 6 aromatic rings. The SMILES string of the molecule is Cc1c(C)c2c(C)n3c4ccccc4n(-c4ccccc4)c(=O)c3c2c2ccccc12. The molecule has 0 N–H and O–H groups in total. The molecule has 0 saturated heterocycles. The second-order valence-corrected chi connectivity index (χ2v) is 8.28. The van der Waals surface area contributed by atoms with Gasteiger partial charge in [0.15, 0.2) is 0 Å². The minimum absolute atomic E-state index is 0.0106. The fourth-order valence-corrected chi connectivity index (χ4v) is 5.22. The fraction of sp³-hybridized carbons (Fsp3) is 0.107. The van der Waals surface area contributed by atoms with Crippen molar-refractivity contribution in [3.8, 4) is 5.69 Å². The molecule has 0 saturated carbocycles. The van der Waals surface area contributed by atoms with Gasteiger partial charge in [-0.3, -0.25) is 9.36 Å². The normalized spacial score (nSPS) is 11.8. The maximum absolute atomic E-state index is 14.2. The van der Waals surface area contributed by atoms with Crippen molar-refractivity contribution in [3.63, 3.8) is 0 Å². The lowest BCUT2D eigenvalue weighted by atomic mass is 9.94. The van der Waals surface area contributed by atoms with E-state index < -0.39 is 0 Å². The lowest BCUT2D eigenvalue weighted by molar-refractivity contribution is 1.02. The van der Waals surface area contributed by atoms with E-state index in [1.54, 1.807) is 0 Å². The molecule has 0 bridgehead atoms. The highest BCUT2D eigenvalue weighted by Crippen LogP contribution is 2.38. The van der Waals surface area contributed by atoms with Crippen molar-refractivity contribution in [2.75, 3.05) is 0 Å². The highest BCUT2D eigenvalue weighted by atomic mass is 16.1. The average Bonchev–Trinajstić information content (AvgIpc) is 3.12. The summed E-state index contributed by atoms with van der Waals surface area (Å²) >= 11 is 0. The van der Waals surface area contributed by atoms with Crippen LogP contribution in [0.4, 0.5) is 0 Å². The Morgan fingerprint density at radius 2 is 1.23 bits per heavy atom. The number of aryl methyl sites for hydroxylation is 3. The molecule has 0 aliphatic carbocycles. The largest absolute Gasteiger partial charge is 0.306 e. The quantitative estimate of drug-likeness (QED) is 0.309. The monoisotopic (exact) mass is 402 g/mol. The van der Waals surface area contributed by atoms with Crippen LogP contribution in [0.2, 0.25) is 0 Å². The van der Waals surface area contributed by atoms with Gasteiger partial charge in [-0.05, 0) is 66.9 Å². The Labute approximate surface area is 179 Å². The summed E-state index contributed by atoms with van der Waals surface area (Å²) in [6, 6.07) is 26.5. The molecule has 2 heterocycles. The lowest BCUT2D eigenvalue weighted by Gasteiger charge is -2.13. The first-order valence-electron chi connectivity index (χ1n) is 10.6. The van der Waals surface area contributed by atoms with Crippen molar-refractivity contribution < 1.29 is 0 Å². The molecule has 0 fully saturated rings. The van der Waals surface area contributed by atoms with Crippen molar-refractivity contribution in [1.82, 2.24) is 8.97 Å². The standard InChI is InChI=1S/C28H22N2O/c1-17-18(2)25-19(3)29-23-15-9-10-16-24(23)30(20-11-5-4-6-12-20)28(31)27(29)26(25)22-14-8-7-13-21(17)22/h4-16H,1-3H3. The minimum atomic E-state index is 0.0106. The van der Waals surface area contributed by atoms with E-state index in [4.69, 9.17) is 0 Å². The van der Waals surface area contributed by atoms with E-state index in [0.29, 0.717) is 0 Å². The Kier molecular flexibility index (Phi) is 3.66. The third kappa shape index (κ3) is 2.26. The topological polar surface area (TPSA) is 26.4 Å². The first kappa shape index (κ1) is 18.0. The van der Waals surface area contributed by atoms with Crippen LogP contribution in [0, 0.1) is 20.8 Å². The molecule has 0 amide bonds. The van der Waals surface area contributed by atoms with E-state index in [-0.39, 0.29) is 5.56 Å². The Balaban J connectivity index is 2.01. The van der Waals surface area contributed by atoms with Crippen LogP contribution < -0.4 is 5.56 Å². The summed E-state index contributed by atoms with van der Waals surface area (Å²) < 4.78 is 4.02. The molecular formula is C28H22N2O. The third-order valence-electron chi connectivity index (χ3n) is 6.73. The Bertz CT molecular complexity index is 1720. The van der Waals surface area contributed by atoms with Crippen LogP contribution >= 0.6 is 0 Å². The van der Waals surface area contributed by atoms with Crippen molar-refractivity contribution in [2.45, 2.75) is 20.8 Å². The Hall–Kier alpha value is -3.85. The zero-order valence-corrected chi connectivity index (χ0v) is 17.8. The number of hydrogen-bond donors (Lipinski definition) is 0. The van der Waals surface area contributed by atoms with Gasteiger partial charge in [0.05, 0.1) is 11.0 Å². The second kappa shape index (κ2) is 6.32. The summed E-state index contributed by atoms with van der Waals surface area (Å²) in [5.74, 6) is 0. The summed E-state index contributed by atoms with van der Waals surface area (Å²) in [7, 11) is 0.